The Morgan fingerprint density at radius 1 is 1.41 bits per heavy atom. The van der Waals surface area contributed by atoms with Gasteiger partial charge in [0, 0.05) is 24.1 Å². The number of halogens is 1. The third kappa shape index (κ3) is 3.04. The molecule has 94 valence electrons. The van der Waals surface area contributed by atoms with Crippen molar-refractivity contribution in [2.45, 2.75) is 26.7 Å². The zero-order valence-corrected chi connectivity index (χ0v) is 12.4. The predicted molar refractivity (Wildman–Crippen MR) is 79.1 cm³/mol. The molecule has 0 saturated heterocycles. The van der Waals surface area contributed by atoms with Crippen molar-refractivity contribution in [2.24, 2.45) is 11.8 Å². The van der Waals surface area contributed by atoms with Crippen molar-refractivity contribution in [2.75, 3.05) is 23.3 Å². The van der Waals surface area contributed by atoms with Crippen LogP contribution in [0.5, 0.6) is 0 Å². The Morgan fingerprint density at radius 2 is 2.18 bits per heavy atom. The van der Waals surface area contributed by atoms with Gasteiger partial charge < -0.3 is 4.90 Å². The van der Waals surface area contributed by atoms with Gasteiger partial charge in [0.15, 0.2) is 0 Å². The molecule has 1 aliphatic rings. The predicted octanol–water partition coefficient (Wildman–Crippen LogP) is 4.11. The van der Waals surface area contributed by atoms with E-state index in [4.69, 9.17) is 0 Å². The molecule has 1 aliphatic heterocycles. The number of hydrogen-bond acceptors (Lipinski definition) is 1. The van der Waals surface area contributed by atoms with E-state index in [2.05, 4.69) is 58.9 Å². The second-order valence-corrected chi connectivity index (χ2v) is 5.92. The molecular weight excluding hydrogens is 274 g/mol. The monoisotopic (exact) mass is 295 g/mol. The molecule has 17 heavy (non-hydrogen) atoms. The molecule has 0 saturated carbocycles. The first-order valence-corrected chi connectivity index (χ1v) is 7.75. The molecule has 2 heteroatoms. The zero-order chi connectivity index (χ0) is 12.3. The quantitative estimate of drug-likeness (QED) is 0.756. The Kier molecular flexibility index (Phi) is 4.49. The summed E-state index contributed by atoms with van der Waals surface area (Å²) in [5, 5.41) is 1.11. The summed E-state index contributed by atoms with van der Waals surface area (Å²) in [6, 6.07) is 8.89. The molecule has 0 aliphatic carbocycles. The summed E-state index contributed by atoms with van der Waals surface area (Å²) in [7, 11) is 0. The number of alkyl halides is 1. The van der Waals surface area contributed by atoms with Gasteiger partial charge in [0.2, 0.25) is 0 Å². The van der Waals surface area contributed by atoms with E-state index in [0.29, 0.717) is 0 Å². The number of fused-ring (bicyclic) bond motifs is 1. The lowest BCUT2D eigenvalue weighted by molar-refractivity contribution is 0.483. The molecule has 2 rings (SSSR count). The Hall–Kier alpha value is -0.500. The fourth-order valence-electron chi connectivity index (χ4n) is 2.68. The summed E-state index contributed by atoms with van der Waals surface area (Å²) in [5.41, 5.74) is 2.99. The van der Waals surface area contributed by atoms with Gasteiger partial charge in [-0.25, -0.2) is 0 Å². The van der Waals surface area contributed by atoms with Crippen molar-refractivity contribution in [3.8, 4) is 0 Å². The van der Waals surface area contributed by atoms with Crippen LogP contribution in [0.2, 0.25) is 0 Å². The molecule has 1 aromatic rings. The molecule has 2 unspecified atom stereocenters. The third-order valence-electron chi connectivity index (χ3n) is 3.71. The largest absolute Gasteiger partial charge is 0.371 e. The number of rotatable bonds is 4. The summed E-state index contributed by atoms with van der Waals surface area (Å²) in [6.07, 6.45) is 2.48. The van der Waals surface area contributed by atoms with Crippen molar-refractivity contribution < 1.29 is 0 Å². The molecule has 0 spiro atoms. The Balaban J connectivity index is 2.17. The van der Waals surface area contributed by atoms with E-state index in [-0.39, 0.29) is 0 Å². The SMILES string of the molecule is CCC(CBr)CN1CC(C)Cc2ccccc21. The molecule has 1 heterocycles. The minimum Gasteiger partial charge on any atom is -0.371 e. The fourth-order valence-corrected chi connectivity index (χ4v) is 3.34. The average Bonchev–Trinajstić information content (AvgIpc) is 2.35. The van der Waals surface area contributed by atoms with Crippen LogP contribution in [-0.4, -0.2) is 18.4 Å². The number of nitrogens with zero attached hydrogens (tertiary/aromatic N) is 1. The number of para-hydroxylation sites is 1. The van der Waals surface area contributed by atoms with Gasteiger partial charge in [0.1, 0.15) is 0 Å². The van der Waals surface area contributed by atoms with Crippen LogP contribution in [0.3, 0.4) is 0 Å². The van der Waals surface area contributed by atoms with E-state index in [1.165, 1.54) is 37.2 Å². The van der Waals surface area contributed by atoms with E-state index >= 15 is 0 Å². The van der Waals surface area contributed by atoms with Crippen molar-refractivity contribution in [3.63, 3.8) is 0 Å². The van der Waals surface area contributed by atoms with Crippen LogP contribution >= 0.6 is 15.9 Å². The lowest BCUT2D eigenvalue weighted by Crippen LogP contribution is -2.38. The molecule has 0 aromatic heterocycles. The van der Waals surface area contributed by atoms with Gasteiger partial charge in [-0.2, -0.15) is 0 Å². The van der Waals surface area contributed by atoms with Crippen LogP contribution in [0.1, 0.15) is 25.8 Å². The lowest BCUT2D eigenvalue weighted by atomic mass is 9.93. The smallest absolute Gasteiger partial charge is 0.0399 e. The minimum absolute atomic E-state index is 0.758. The molecule has 1 nitrogen and oxygen atoms in total. The summed E-state index contributed by atoms with van der Waals surface area (Å²) in [5.74, 6) is 1.53. The summed E-state index contributed by atoms with van der Waals surface area (Å²) < 4.78 is 0. The van der Waals surface area contributed by atoms with Gasteiger partial charge in [0.05, 0.1) is 0 Å². The van der Waals surface area contributed by atoms with Crippen LogP contribution in [0.25, 0.3) is 0 Å². The van der Waals surface area contributed by atoms with E-state index in [9.17, 15) is 0 Å². The standard InChI is InChI=1S/C15H22BrN/c1-3-13(9-16)11-17-10-12(2)8-14-6-4-5-7-15(14)17/h4-7,12-13H,3,8-11H2,1-2H3. The first-order valence-electron chi connectivity index (χ1n) is 6.63. The second kappa shape index (κ2) is 5.90. The van der Waals surface area contributed by atoms with E-state index in [1.54, 1.807) is 0 Å². The average molecular weight is 296 g/mol. The summed E-state index contributed by atoms with van der Waals surface area (Å²) >= 11 is 3.63. The van der Waals surface area contributed by atoms with Crippen LogP contribution in [0.15, 0.2) is 24.3 Å². The van der Waals surface area contributed by atoms with Crippen LogP contribution in [-0.2, 0) is 6.42 Å². The highest BCUT2D eigenvalue weighted by molar-refractivity contribution is 9.09. The third-order valence-corrected chi connectivity index (χ3v) is 4.62. The Morgan fingerprint density at radius 3 is 2.88 bits per heavy atom. The zero-order valence-electron chi connectivity index (χ0n) is 10.8. The van der Waals surface area contributed by atoms with Crippen LogP contribution in [0.4, 0.5) is 5.69 Å². The molecule has 0 radical (unpaired) electrons. The lowest BCUT2D eigenvalue weighted by Gasteiger charge is -2.36. The second-order valence-electron chi connectivity index (χ2n) is 5.27. The van der Waals surface area contributed by atoms with E-state index in [0.717, 1.165) is 17.2 Å². The van der Waals surface area contributed by atoms with Crippen molar-refractivity contribution in [1.82, 2.24) is 0 Å². The van der Waals surface area contributed by atoms with Crippen LogP contribution < -0.4 is 4.90 Å². The minimum atomic E-state index is 0.758. The van der Waals surface area contributed by atoms with E-state index < -0.39 is 0 Å². The van der Waals surface area contributed by atoms with Gasteiger partial charge in [-0.3, -0.25) is 0 Å². The fraction of sp³-hybridized carbons (Fsp3) is 0.600. The maximum Gasteiger partial charge on any atom is 0.0399 e. The molecule has 0 fully saturated rings. The Labute approximate surface area is 113 Å². The highest BCUT2D eigenvalue weighted by Crippen LogP contribution is 2.30. The van der Waals surface area contributed by atoms with Gasteiger partial charge in [-0.1, -0.05) is 54.4 Å². The normalized spacial score (nSPS) is 21.1. The molecule has 0 bridgehead atoms. The molecule has 2 atom stereocenters. The Bertz CT molecular complexity index is 360. The highest BCUT2D eigenvalue weighted by atomic mass is 79.9. The van der Waals surface area contributed by atoms with Gasteiger partial charge in [-0.15, -0.1) is 0 Å². The summed E-state index contributed by atoms with van der Waals surface area (Å²) in [4.78, 5) is 2.58. The first-order chi connectivity index (χ1) is 8.24. The topological polar surface area (TPSA) is 3.24 Å². The molecular formula is C15H22BrN. The van der Waals surface area contributed by atoms with Crippen molar-refractivity contribution >= 4 is 21.6 Å². The number of anilines is 1. The maximum absolute atomic E-state index is 3.63. The van der Waals surface area contributed by atoms with Gasteiger partial charge >= 0.3 is 0 Å². The number of hydrogen-bond donors (Lipinski definition) is 0. The number of benzene rings is 1. The maximum atomic E-state index is 3.63. The van der Waals surface area contributed by atoms with Crippen molar-refractivity contribution in [1.29, 1.82) is 0 Å². The van der Waals surface area contributed by atoms with Gasteiger partial charge in [0.25, 0.3) is 0 Å². The first kappa shape index (κ1) is 12.9. The molecule has 0 amide bonds. The molecule has 0 N–H and O–H groups in total. The van der Waals surface area contributed by atoms with Crippen LogP contribution in [0, 0.1) is 11.8 Å². The van der Waals surface area contributed by atoms with Gasteiger partial charge in [-0.05, 0) is 29.9 Å². The summed E-state index contributed by atoms with van der Waals surface area (Å²) in [6.45, 7) is 7.03. The van der Waals surface area contributed by atoms with E-state index in [1.807, 2.05) is 0 Å². The molecule has 1 aromatic carbocycles. The highest BCUT2D eigenvalue weighted by Gasteiger charge is 2.22. The van der Waals surface area contributed by atoms with Crippen molar-refractivity contribution in [3.05, 3.63) is 29.8 Å².